The number of fused-ring (bicyclic) bond motifs is 1. The number of nitrogens with zero attached hydrogens (tertiary/aromatic N) is 1. The zero-order chi connectivity index (χ0) is 20.4. The van der Waals surface area contributed by atoms with Crippen LogP contribution < -0.4 is 15.4 Å². The van der Waals surface area contributed by atoms with Gasteiger partial charge in [0.05, 0.1) is 19.3 Å². The molecule has 1 aliphatic rings. The molecule has 0 aliphatic carbocycles. The number of esters is 1. The van der Waals surface area contributed by atoms with Crippen molar-refractivity contribution < 1.29 is 28.3 Å². The SMILES string of the molecule is COC(=O)c1cc(CN(C)C(=O)Nc2ccc3c(c2)NC(=O)C(C)O3)oc1C. The van der Waals surface area contributed by atoms with Crippen LogP contribution in [0, 0.1) is 6.92 Å². The molecular weight excluding hydrogens is 366 g/mol. The monoisotopic (exact) mass is 387 g/mol. The third-order valence-corrected chi connectivity index (χ3v) is 4.28. The predicted octanol–water partition coefficient (Wildman–Crippen LogP) is 2.76. The van der Waals surface area contributed by atoms with E-state index < -0.39 is 12.1 Å². The van der Waals surface area contributed by atoms with Crippen molar-refractivity contribution in [3.05, 3.63) is 41.3 Å². The van der Waals surface area contributed by atoms with E-state index >= 15 is 0 Å². The van der Waals surface area contributed by atoms with E-state index in [9.17, 15) is 14.4 Å². The van der Waals surface area contributed by atoms with Crippen LogP contribution in [0.1, 0.15) is 28.8 Å². The largest absolute Gasteiger partial charge is 0.479 e. The average molecular weight is 387 g/mol. The van der Waals surface area contributed by atoms with Crippen LogP contribution in [0.5, 0.6) is 5.75 Å². The maximum atomic E-state index is 12.4. The van der Waals surface area contributed by atoms with Gasteiger partial charge in [-0.25, -0.2) is 9.59 Å². The molecule has 1 atom stereocenters. The number of furan rings is 1. The van der Waals surface area contributed by atoms with Gasteiger partial charge < -0.3 is 29.4 Å². The quantitative estimate of drug-likeness (QED) is 0.781. The number of hydrogen-bond acceptors (Lipinski definition) is 6. The molecule has 1 aliphatic heterocycles. The third kappa shape index (κ3) is 3.93. The fraction of sp³-hybridized carbons (Fsp3) is 0.316. The summed E-state index contributed by atoms with van der Waals surface area (Å²) in [6.07, 6.45) is -0.564. The van der Waals surface area contributed by atoms with Gasteiger partial charge in [0.1, 0.15) is 22.8 Å². The smallest absolute Gasteiger partial charge is 0.341 e. The number of carbonyl (C=O) groups is 3. The zero-order valence-electron chi connectivity index (χ0n) is 16.0. The Kier molecular flexibility index (Phi) is 5.25. The van der Waals surface area contributed by atoms with E-state index in [0.29, 0.717) is 34.2 Å². The van der Waals surface area contributed by atoms with Gasteiger partial charge in [0.25, 0.3) is 5.91 Å². The number of urea groups is 1. The van der Waals surface area contributed by atoms with Gasteiger partial charge in [-0.3, -0.25) is 4.79 Å². The molecule has 0 fully saturated rings. The maximum absolute atomic E-state index is 12.4. The van der Waals surface area contributed by atoms with Crippen molar-refractivity contribution in [2.24, 2.45) is 0 Å². The molecule has 28 heavy (non-hydrogen) atoms. The van der Waals surface area contributed by atoms with Crippen LogP contribution in [-0.4, -0.2) is 43.1 Å². The molecule has 3 amide bonds. The molecule has 9 heteroatoms. The number of aryl methyl sites for hydroxylation is 1. The lowest BCUT2D eigenvalue weighted by Crippen LogP contribution is -2.34. The fourth-order valence-corrected chi connectivity index (χ4v) is 2.75. The van der Waals surface area contributed by atoms with Crippen LogP contribution in [0.15, 0.2) is 28.7 Å². The summed E-state index contributed by atoms with van der Waals surface area (Å²) >= 11 is 0. The molecule has 0 spiro atoms. The minimum absolute atomic E-state index is 0.159. The highest BCUT2D eigenvalue weighted by Gasteiger charge is 2.24. The average Bonchev–Trinajstić information content (AvgIpc) is 3.02. The number of hydrogen-bond donors (Lipinski definition) is 2. The van der Waals surface area contributed by atoms with E-state index in [-0.39, 0.29) is 18.5 Å². The fourth-order valence-electron chi connectivity index (χ4n) is 2.75. The van der Waals surface area contributed by atoms with E-state index in [2.05, 4.69) is 15.4 Å². The molecule has 1 unspecified atom stereocenters. The van der Waals surface area contributed by atoms with Crippen LogP contribution in [0.3, 0.4) is 0 Å². The van der Waals surface area contributed by atoms with Gasteiger partial charge >= 0.3 is 12.0 Å². The number of methoxy groups -OCH3 is 1. The zero-order valence-corrected chi connectivity index (χ0v) is 16.0. The summed E-state index contributed by atoms with van der Waals surface area (Å²) in [5.41, 5.74) is 1.32. The van der Waals surface area contributed by atoms with Gasteiger partial charge in [-0.1, -0.05) is 0 Å². The van der Waals surface area contributed by atoms with Crippen molar-refractivity contribution in [1.29, 1.82) is 0 Å². The number of carbonyl (C=O) groups excluding carboxylic acids is 3. The Balaban J connectivity index is 1.66. The Bertz CT molecular complexity index is 936. The van der Waals surface area contributed by atoms with E-state index in [0.717, 1.165) is 0 Å². The van der Waals surface area contributed by atoms with Crippen molar-refractivity contribution in [3.8, 4) is 5.75 Å². The normalized spacial score (nSPS) is 15.1. The van der Waals surface area contributed by atoms with Crippen molar-refractivity contribution in [3.63, 3.8) is 0 Å². The van der Waals surface area contributed by atoms with Crippen molar-refractivity contribution >= 4 is 29.3 Å². The summed E-state index contributed by atoms with van der Waals surface area (Å²) in [7, 11) is 2.89. The molecule has 3 rings (SSSR count). The first-order chi connectivity index (χ1) is 13.3. The highest BCUT2D eigenvalue weighted by atomic mass is 16.5. The van der Waals surface area contributed by atoms with Gasteiger partial charge in [-0.05, 0) is 38.1 Å². The molecule has 1 aromatic carbocycles. The van der Waals surface area contributed by atoms with E-state index in [4.69, 9.17) is 9.15 Å². The molecular formula is C19H21N3O6. The maximum Gasteiger partial charge on any atom is 0.341 e. The number of rotatable bonds is 4. The Hall–Kier alpha value is -3.49. The van der Waals surface area contributed by atoms with Gasteiger partial charge in [-0.2, -0.15) is 0 Å². The predicted molar refractivity (Wildman–Crippen MR) is 100 cm³/mol. The summed E-state index contributed by atoms with van der Waals surface area (Å²) in [6, 6.07) is 6.15. The second kappa shape index (κ2) is 7.63. The molecule has 148 valence electrons. The highest BCUT2D eigenvalue weighted by Crippen LogP contribution is 2.32. The van der Waals surface area contributed by atoms with Crippen LogP contribution in [0.25, 0.3) is 0 Å². The minimum atomic E-state index is -0.564. The minimum Gasteiger partial charge on any atom is -0.479 e. The Morgan fingerprint density at radius 3 is 2.79 bits per heavy atom. The van der Waals surface area contributed by atoms with Crippen LogP contribution in [0.2, 0.25) is 0 Å². The van der Waals surface area contributed by atoms with Gasteiger partial charge in [0.15, 0.2) is 6.10 Å². The van der Waals surface area contributed by atoms with Crippen LogP contribution in [0.4, 0.5) is 16.2 Å². The summed E-state index contributed by atoms with van der Waals surface area (Å²) < 4.78 is 15.7. The first kappa shape index (κ1) is 19.3. The highest BCUT2D eigenvalue weighted by molar-refractivity contribution is 5.99. The van der Waals surface area contributed by atoms with E-state index in [1.807, 2.05) is 0 Å². The summed E-state index contributed by atoms with van der Waals surface area (Å²) in [5.74, 6) is 0.681. The molecule has 2 heterocycles. The Morgan fingerprint density at radius 1 is 1.32 bits per heavy atom. The lowest BCUT2D eigenvalue weighted by molar-refractivity contribution is -0.122. The number of ether oxygens (including phenoxy) is 2. The second-order valence-electron chi connectivity index (χ2n) is 6.42. The molecule has 0 saturated heterocycles. The molecule has 0 bridgehead atoms. The summed E-state index contributed by atoms with van der Waals surface area (Å²) in [5, 5.41) is 5.47. The molecule has 2 N–H and O–H groups in total. The molecule has 9 nitrogen and oxygen atoms in total. The van der Waals surface area contributed by atoms with Gasteiger partial charge in [-0.15, -0.1) is 0 Å². The first-order valence-corrected chi connectivity index (χ1v) is 8.59. The van der Waals surface area contributed by atoms with Gasteiger partial charge in [0, 0.05) is 12.7 Å². The van der Waals surface area contributed by atoms with E-state index in [1.54, 1.807) is 45.2 Å². The Morgan fingerprint density at radius 2 is 2.07 bits per heavy atom. The third-order valence-electron chi connectivity index (χ3n) is 4.28. The Labute approximate surface area is 161 Å². The second-order valence-corrected chi connectivity index (χ2v) is 6.42. The molecule has 0 saturated carbocycles. The van der Waals surface area contributed by atoms with Crippen molar-refractivity contribution in [2.75, 3.05) is 24.8 Å². The number of anilines is 2. The van der Waals surface area contributed by atoms with Crippen molar-refractivity contribution in [1.82, 2.24) is 4.90 Å². The molecule has 1 aromatic heterocycles. The number of nitrogens with one attached hydrogen (secondary N) is 2. The van der Waals surface area contributed by atoms with Crippen LogP contribution in [-0.2, 0) is 16.1 Å². The lowest BCUT2D eigenvalue weighted by atomic mass is 10.2. The molecule has 0 radical (unpaired) electrons. The standard InChI is InChI=1S/C19H21N3O6/c1-10-14(18(24)26-4)8-13(27-10)9-22(3)19(25)20-12-5-6-16-15(7-12)21-17(23)11(2)28-16/h5-8,11H,9H2,1-4H3,(H,20,25)(H,21,23). The topological polar surface area (TPSA) is 110 Å². The number of amides is 3. The van der Waals surface area contributed by atoms with Crippen LogP contribution >= 0.6 is 0 Å². The summed E-state index contributed by atoms with van der Waals surface area (Å²) in [6.45, 7) is 3.47. The number of benzene rings is 1. The van der Waals surface area contributed by atoms with Crippen molar-refractivity contribution in [2.45, 2.75) is 26.5 Å². The molecule has 2 aromatic rings. The lowest BCUT2D eigenvalue weighted by Gasteiger charge is -2.24. The first-order valence-electron chi connectivity index (χ1n) is 8.59. The van der Waals surface area contributed by atoms with E-state index in [1.165, 1.54) is 12.0 Å². The van der Waals surface area contributed by atoms with Gasteiger partial charge in [0.2, 0.25) is 0 Å². The summed E-state index contributed by atoms with van der Waals surface area (Å²) in [4.78, 5) is 37.2.